The molecular weight excluding hydrogens is 438 g/mol. The molecule has 184 valence electrons. The molecule has 5 N–H and O–H groups in total. The maximum Gasteiger partial charge on any atom is 0.338 e. The number of nitrogens with one attached hydrogen (secondary N) is 2. The molecule has 0 heterocycles. The molecule has 0 amide bonds. The smallest absolute Gasteiger partial charge is 0.338 e. The standard InChI is InChI=1S/C25H33N3O6/c1-5-25(4,33-14-18-8-6-17(2)7-9-18)22(31)32-16-24(3,15-29)21(30)34-20-12-10-19(11-13-20)28-23(26)27/h6-13,29H,5,14-16H2,1-4H3,(H4,26,27,28). The third-order valence-corrected chi connectivity index (χ3v) is 5.49. The summed E-state index contributed by atoms with van der Waals surface area (Å²) in [5.41, 5.74) is 5.19. The first-order chi connectivity index (χ1) is 16.0. The van der Waals surface area contributed by atoms with Crippen molar-refractivity contribution in [1.29, 1.82) is 5.41 Å². The van der Waals surface area contributed by atoms with E-state index in [1.807, 2.05) is 31.2 Å². The van der Waals surface area contributed by atoms with Gasteiger partial charge in [-0.25, -0.2) is 4.79 Å². The molecule has 0 saturated heterocycles. The Morgan fingerprint density at radius 1 is 1.06 bits per heavy atom. The van der Waals surface area contributed by atoms with E-state index in [1.165, 1.54) is 19.1 Å². The Bertz CT molecular complexity index is 993. The Kier molecular flexibility index (Phi) is 9.17. The Morgan fingerprint density at radius 3 is 2.21 bits per heavy atom. The van der Waals surface area contributed by atoms with Crippen LogP contribution in [0.5, 0.6) is 5.75 Å². The van der Waals surface area contributed by atoms with Crippen molar-refractivity contribution in [2.24, 2.45) is 11.1 Å². The molecule has 2 rings (SSSR count). The van der Waals surface area contributed by atoms with Crippen LogP contribution < -0.4 is 15.8 Å². The summed E-state index contributed by atoms with van der Waals surface area (Å²) in [5, 5.41) is 19.7. The van der Waals surface area contributed by atoms with E-state index < -0.39 is 29.6 Å². The number of hydrogen-bond donors (Lipinski definition) is 4. The van der Waals surface area contributed by atoms with Gasteiger partial charge < -0.3 is 30.4 Å². The normalized spacial score (nSPS) is 14.4. The van der Waals surface area contributed by atoms with Gasteiger partial charge in [0.05, 0.1) is 13.2 Å². The van der Waals surface area contributed by atoms with Gasteiger partial charge in [-0.05, 0) is 57.0 Å². The van der Waals surface area contributed by atoms with Crippen molar-refractivity contribution < 1.29 is 28.9 Å². The lowest BCUT2D eigenvalue weighted by Gasteiger charge is -2.30. The SMILES string of the molecule is CCC(C)(OCc1ccc(C)cc1)C(=O)OCC(C)(CO)C(=O)Oc1ccc(NC(=N)N)cc1. The fourth-order valence-corrected chi connectivity index (χ4v) is 2.77. The molecule has 2 atom stereocenters. The molecule has 9 nitrogen and oxygen atoms in total. The molecule has 0 aliphatic heterocycles. The van der Waals surface area contributed by atoms with E-state index in [0.29, 0.717) is 12.1 Å². The highest BCUT2D eigenvalue weighted by Crippen LogP contribution is 2.25. The molecule has 0 aliphatic carbocycles. The molecule has 2 unspecified atom stereocenters. The summed E-state index contributed by atoms with van der Waals surface area (Å²) < 4.78 is 16.6. The van der Waals surface area contributed by atoms with Crippen LogP contribution in [0.1, 0.15) is 38.3 Å². The Morgan fingerprint density at radius 2 is 1.68 bits per heavy atom. The van der Waals surface area contributed by atoms with Crippen LogP contribution >= 0.6 is 0 Å². The van der Waals surface area contributed by atoms with Gasteiger partial charge >= 0.3 is 11.9 Å². The first-order valence-corrected chi connectivity index (χ1v) is 10.9. The summed E-state index contributed by atoms with van der Waals surface area (Å²) in [5.74, 6) is -1.38. The second kappa shape index (κ2) is 11.6. The van der Waals surface area contributed by atoms with Gasteiger partial charge in [-0.3, -0.25) is 10.2 Å². The number of aliphatic hydroxyl groups is 1. The highest BCUT2D eigenvalue weighted by Gasteiger charge is 2.40. The lowest BCUT2D eigenvalue weighted by molar-refractivity contribution is -0.179. The van der Waals surface area contributed by atoms with Gasteiger partial charge in [-0.1, -0.05) is 36.8 Å². The quantitative estimate of drug-likeness (QED) is 0.169. The Hall–Kier alpha value is -3.43. The van der Waals surface area contributed by atoms with Crippen molar-refractivity contribution in [2.45, 2.75) is 46.3 Å². The van der Waals surface area contributed by atoms with Crippen LogP contribution in [0.4, 0.5) is 5.69 Å². The summed E-state index contributed by atoms with van der Waals surface area (Å²) in [6.07, 6.45) is 0.360. The molecule has 2 aromatic carbocycles. The fraction of sp³-hybridized carbons (Fsp3) is 0.400. The zero-order valence-electron chi connectivity index (χ0n) is 20.0. The first-order valence-electron chi connectivity index (χ1n) is 10.9. The molecule has 0 aliphatic rings. The van der Waals surface area contributed by atoms with Crippen LogP contribution in [0.3, 0.4) is 0 Å². The summed E-state index contributed by atoms with van der Waals surface area (Å²) in [4.78, 5) is 25.5. The van der Waals surface area contributed by atoms with Crippen molar-refractivity contribution in [3.8, 4) is 5.75 Å². The summed E-state index contributed by atoms with van der Waals surface area (Å²) in [7, 11) is 0. The molecule has 0 radical (unpaired) electrons. The topological polar surface area (TPSA) is 144 Å². The van der Waals surface area contributed by atoms with Gasteiger partial charge in [0.1, 0.15) is 17.8 Å². The van der Waals surface area contributed by atoms with Gasteiger partial charge in [0.15, 0.2) is 11.6 Å². The highest BCUT2D eigenvalue weighted by atomic mass is 16.6. The molecule has 0 spiro atoms. The van der Waals surface area contributed by atoms with E-state index >= 15 is 0 Å². The Labute approximate surface area is 199 Å². The first kappa shape index (κ1) is 26.8. The molecule has 0 bridgehead atoms. The molecule has 34 heavy (non-hydrogen) atoms. The van der Waals surface area contributed by atoms with E-state index in [1.54, 1.807) is 26.0 Å². The second-order valence-corrected chi connectivity index (χ2v) is 8.61. The zero-order chi connectivity index (χ0) is 25.4. The van der Waals surface area contributed by atoms with E-state index in [-0.39, 0.29) is 24.9 Å². The number of carbonyl (C=O) groups excluding carboxylic acids is 2. The second-order valence-electron chi connectivity index (χ2n) is 8.61. The molecule has 2 aromatic rings. The summed E-state index contributed by atoms with van der Waals surface area (Å²) in [6, 6.07) is 14.0. The fourth-order valence-electron chi connectivity index (χ4n) is 2.77. The van der Waals surface area contributed by atoms with Crippen molar-refractivity contribution in [1.82, 2.24) is 0 Å². The average Bonchev–Trinajstić information content (AvgIpc) is 2.82. The number of benzene rings is 2. The van der Waals surface area contributed by atoms with Gasteiger partial charge in [-0.2, -0.15) is 0 Å². The molecule has 9 heteroatoms. The summed E-state index contributed by atoms with van der Waals surface area (Å²) in [6.45, 7) is 6.14. The van der Waals surface area contributed by atoms with E-state index in [0.717, 1.165) is 11.1 Å². The van der Waals surface area contributed by atoms with Crippen LogP contribution in [0.2, 0.25) is 0 Å². The summed E-state index contributed by atoms with van der Waals surface area (Å²) >= 11 is 0. The van der Waals surface area contributed by atoms with Crippen LogP contribution in [-0.4, -0.2) is 41.8 Å². The van der Waals surface area contributed by atoms with E-state index in [4.69, 9.17) is 25.4 Å². The third-order valence-electron chi connectivity index (χ3n) is 5.49. The lowest BCUT2D eigenvalue weighted by Crippen LogP contribution is -2.44. The van der Waals surface area contributed by atoms with Crippen LogP contribution in [0.25, 0.3) is 0 Å². The minimum atomic E-state index is -1.47. The van der Waals surface area contributed by atoms with Crippen LogP contribution in [0, 0.1) is 17.7 Å². The monoisotopic (exact) mass is 471 g/mol. The molecule has 0 aromatic heterocycles. The number of aliphatic hydroxyl groups excluding tert-OH is 1. The number of anilines is 1. The number of aryl methyl sites for hydroxylation is 1. The molecule has 0 saturated carbocycles. The maximum atomic E-state index is 12.8. The van der Waals surface area contributed by atoms with Gasteiger partial charge in [0.2, 0.25) is 0 Å². The largest absolute Gasteiger partial charge is 0.462 e. The highest BCUT2D eigenvalue weighted by molar-refractivity contribution is 5.89. The number of esters is 2. The van der Waals surface area contributed by atoms with Crippen LogP contribution in [-0.2, 0) is 25.7 Å². The van der Waals surface area contributed by atoms with Crippen LogP contribution in [0.15, 0.2) is 48.5 Å². The van der Waals surface area contributed by atoms with Crippen molar-refractivity contribution >= 4 is 23.6 Å². The Balaban J connectivity index is 1.98. The molecule has 0 fully saturated rings. The zero-order valence-corrected chi connectivity index (χ0v) is 20.0. The minimum absolute atomic E-state index is 0.221. The minimum Gasteiger partial charge on any atom is -0.462 e. The average molecular weight is 472 g/mol. The number of ether oxygens (including phenoxy) is 3. The number of nitrogens with two attached hydrogens (primary N) is 1. The lowest BCUT2D eigenvalue weighted by atomic mass is 9.93. The number of hydrogen-bond acceptors (Lipinski definition) is 7. The predicted molar refractivity (Wildman–Crippen MR) is 128 cm³/mol. The number of guanidine groups is 1. The third kappa shape index (κ3) is 7.29. The van der Waals surface area contributed by atoms with E-state index in [9.17, 15) is 14.7 Å². The van der Waals surface area contributed by atoms with Gasteiger partial charge in [0.25, 0.3) is 0 Å². The maximum absolute atomic E-state index is 12.8. The van der Waals surface area contributed by atoms with E-state index in [2.05, 4.69) is 5.32 Å². The predicted octanol–water partition coefficient (Wildman–Crippen LogP) is 3.13. The van der Waals surface area contributed by atoms with Crippen molar-refractivity contribution in [3.63, 3.8) is 0 Å². The van der Waals surface area contributed by atoms with Crippen molar-refractivity contribution in [2.75, 3.05) is 18.5 Å². The number of carbonyl (C=O) groups is 2. The number of rotatable bonds is 11. The van der Waals surface area contributed by atoms with Gasteiger partial charge in [0, 0.05) is 5.69 Å². The van der Waals surface area contributed by atoms with Gasteiger partial charge in [-0.15, -0.1) is 0 Å². The molecular formula is C25H33N3O6. The van der Waals surface area contributed by atoms with Crippen molar-refractivity contribution in [3.05, 3.63) is 59.7 Å².